The molecule has 6 heteroatoms. The summed E-state index contributed by atoms with van der Waals surface area (Å²) < 4.78 is 0. The zero-order chi connectivity index (χ0) is 17.0. The number of amides is 2. The predicted molar refractivity (Wildman–Crippen MR) is 89.4 cm³/mol. The minimum Gasteiger partial charge on any atom is -0.480 e. The van der Waals surface area contributed by atoms with Gasteiger partial charge in [-0.2, -0.15) is 0 Å². The van der Waals surface area contributed by atoms with Crippen molar-refractivity contribution in [1.29, 1.82) is 0 Å². The number of urea groups is 1. The molecule has 2 aliphatic carbocycles. The van der Waals surface area contributed by atoms with Gasteiger partial charge in [0.1, 0.15) is 0 Å². The Bertz CT molecular complexity index is 417. The van der Waals surface area contributed by atoms with Gasteiger partial charge in [0.05, 0.1) is 6.54 Å². The molecular weight excluding hydrogens is 294 g/mol. The SMILES string of the molecule is CCN(CC(=O)O)C1CC(NC(=O)N(CCC(C)C)C2CC2)C1. The first-order chi connectivity index (χ1) is 10.9. The molecule has 132 valence electrons. The topological polar surface area (TPSA) is 72.9 Å². The minimum atomic E-state index is -0.784. The number of likely N-dealkylation sites (N-methyl/N-ethyl adjacent to an activating group) is 1. The van der Waals surface area contributed by atoms with Crippen molar-refractivity contribution in [1.82, 2.24) is 15.1 Å². The molecule has 0 atom stereocenters. The van der Waals surface area contributed by atoms with E-state index in [2.05, 4.69) is 19.2 Å². The zero-order valence-corrected chi connectivity index (χ0v) is 14.6. The van der Waals surface area contributed by atoms with Crippen LogP contribution in [0.15, 0.2) is 0 Å². The van der Waals surface area contributed by atoms with E-state index in [4.69, 9.17) is 5.11 Å². The number of carboxylic acid groups (broad SMARTS) is 1. The summed E-state index contributed by atoms with van der Waals surface area (Å²) in [5, 5.41) is 12.1. The van der Waals surface area contributed by atoms with E-state index in [1.807, 2.05) is 16.7 Å². The Kier molecular flexibility index (Phi) is 6.27. The average molecular weight is 325 g/mol. The highest BCUT2D eigenvalue weighted by molar-refractivity contribution is 5.75. The second kappa shape index (κ2) is 7.99. The lowest BCUT2D eigenvalue weighted by Crippen LogP contribution is -2.57. The molecular formula is C17H31N3O3. The number of aliphatic carboxylic acids is 1. The van der Waals surface area contributed by atoms with E-state index >= 15 is 0 Å². The first kappa shape index (κ1) is 18.0. The molecule has 6 nitrogen and oxygen atoms in total. The number of hydrogen-bond donors (Lipinski definition) is 2. The molecule has 2 fully saturated rings. The van der Waals surface area contributed by atoms with Gasteiger partial charge in [0.25, 0.3) is 0 Å². The molecule has 0 unspecified atom stereocenters. The van der Waals surface area contributed by atoms with Crippen LogP contribution < -0.4 is 5.32 Å². The maximum Gasteiger partial charge on any atom is 0.317 e. The van der Waals surface area contributed by atoms with E-state index in [1.165, 1.54) is 0 Å². The Morgan fingerprint density at radius 1 is 1.22 bits per heavy atom. The van der Waals surface area contributed by atoms with Gasteiger partial charge in [0.2, 0.25) is 0 Å². The first-order valence-electron chi connectivity index (χ1n) is 8.93. The van der Waals surface area contributed by atoms with E-state index in [0.717, 1.165) is 45.2 Å². The van der Waals surface area contributed by atoms with Gasteiger partial charge in [-0.1, -0.05) is 20.8 Å². The van der Waals surface area contributed by atoms with E-state index in [9.17, 15) is 9.59 Å². The molecule has 0 aliphatic heterocycles. The molecule has 2 aliphatic rings. The Balaban J connectivity index is 1.74. The number of carbonyl (C=O) groups is 2. The third kappa shape index (κ3) is 5.37. The van der Waals surface area contributed by atoms with Crippen molar-refractivity contribution in [2.24, 2.45) is 5.92 Å². The monoisotopic (exact) mass is 325 g/mol. The van der Waals surface area contributed by atoms with Gasteiger partial charge in [-0.05, 0) is 44.6 Å². The number of nitrogens with one attached hydrogen (secondary N) is 1. The molecule has 2 rings (SSSR count). The number of carbonyl (C=O) groups excluding carboxylic acids is 1. The third-order valence-electron chi connectivity index (χ3n) is 4.90. The van der Waals surface area contributed by atoms with Gasteiger partial charge in [0.15, 0.2) is 0 Å². The smallest absolute Gasteiger partial charge is 0.317 e. The second-order valence-corrected chi connectivity index (χ2v) is 7.34. The van der Waals surface area contributed by atoms with Crippen molar-refractivity contribution in [2.75, 3.05) is 19.6 Å². The highest BCUT2D eigenvalue weighted by atomic mass is 16.4. The van der Waals surface area contributed by atoms with Crippen LogP contribution in [-0.4, -0.2) is 64.7 Å². The maximum atomic E-state index is 12.5. The van der Waals surface area contributed by atoms with Crippen LogP contribution in [0.4, 0.5) is 4.79 Å². The number of carboxylic acids is 1. The van der Waals surface area contributed by atoms with Crippen molar-refractivity contribution in [3.8, 4) is 0 Å². The van der Waals surface area contributed by atoms with Crippen molar-refractivity contribution in [2.45, 2.75) is 71.0 Å². The quantitative estimate of drug-likeness (QED) is 0.681. The number of nitrogens with zero attached hydrogens (tertiary/aromatic N) is 2. The van der Waals surface area contributed by atoms with Crippen LogP contribution in [0.5, 0.6) is 0 Å². The first-order valence-corrected chi connectivity index (χ1v) is 8.93. The minimum absolute atomic E-state index is 0.0675. The van der Waals surface area contributed by atoms with Crippen molar-refractivity contribution < 1.29 is 14.7 Å². The van der Waals surface area contributed by atoms with Crippen LogP contribution in [-0.2, 0) is 4.79 Å². The van der Waals surface area contributed by atoms with Crippen LogP contribution in [0.1, 0.15) is 52.9 Å². The average Bonchev–Trinajstić information content (AvgIpc) is 3.24. The van der Waals surface area contributed by atoms with Crippen LogP contribution in [0.2, 0.25) is 0 Å². The van der Waals surface area contributed by atoms with Crippen molar-refractivity contribution >= 4 is 12.0 Å². The lowest BCUT2D eigenvalue weighted by Gasteiger charge is -2.42. The standard InChI is InChI=1S/C17H31N3O3/c1-4-19(11-16(21)22)15-9-13(10-15)18-17(23)20(14-5-6-14)8-7-12(2)3/h12-15H,4-11H2,1-3H3,(H,18,23)(H,21,22). The Morgan fingerprint density at radius 3 is 2.35 bits per heavy atom. The summed E-state index contributed by atoms with van der Waals surface area (Å²) in [5.41, 5.74) is 0. The number of hydrogen-bond acceptors (Lipinski definition) is 3. The Labute approximate surface area is 139 Å². The molecule has 0 aromatic carbocycles. The second-order valence-electron chi connectivity index (χ2n) is 7.34. The summed E-state index contributed by atoms with van der Waals surface area (Å²) in [4.78, 5) is 27.3. The van der Waals surface area contributed by atoms with E-state index in [-0.39, 0.29) is 24.7 Å². The Hall–Kier alpha value is -1.30. The summed E-state index contributed by atoms with van der Waals surface area (Å²) in [6, 6.07) is 0.976. The van der Waals surface area contributed by atoms with Gasteiger partial charge in [-0.15, -0.1) is 0 Å². The number of rotatable bonds is 9. The largest absolute Gasteiger partial charge is 0.480 e. The predicted octanol–water partition coefficient (Wildman–Crippen LogP) is 2.14. The highest BCUT2D eigenvalue weighted by Crippen LogP contribution is 2.29. The molecule has 0 radical (unpaired) electrons. The van der Waals surface area contributed by atoms with Crippen LogP contribution in [0.3, 0.4) is 0 Å². The maximum absolute atomic E-state index is 12.5. The Morgan fingerprint density at radius 2 is 1.87 bits per heavy atom. The summed E-state index contributed by atoms with van der Waals surface area (Å²) >= 11 is 0. The molecule has 2 amide bonds. The van der Waals surface area contributed by atoms with Crippen LogP contribution in [0.25, 0.3) is 0 Å². The summed E-state index contributed by atoms with van der Waals surface area (Å²) in [7, 11) is 0. The summed E-state index contributed by atoms with van der Waals surface area (Å²) in [6.07, 6.45) is 5.01. The summed E-state index contributed by atoms with van der Waals surface area (Å²) in [6.45, 7) is 8.01. The molecule has 0 aromatic rings. The fourth-order valence-corrected chi connectivity index (χ4v) is 3.17. The van der Waals surface area contributed by atoms with Gasteiger partial charge in [0, 0.05) is 24.7 Å². The molecule has 0 heterocycles. The molecule has 2 N–H and O–H groups in total. The van der Waals surface area contributed by atoms with Crippen molar-refractivity contribution in [3.05, 3.63) is 0 Å². The van der Waals surface area contributed by atoms with Gasteiger partial charge in [-0.3, -0.25) is 9.69 Å². The lowest BCUT2D eigenvalue weighted by molar-refractivity contribution is -0.139. The normalized spacial score (nSPS) is 23.7. The zero-order valence-electron chi connectivity index (χ0n) is 14.6. The van der Waals surface area contributed by atoms with Crippen LogP contribution in [0, 0.1) is 5.92 Å². The highest BCUT2D eigenvalue weighted by Gasteiger charge is 2.38. The lowest BCUT2D eigenvalue weighted by atomic mass is 9.85. The molecule has 0 spiro atoms. The van der Waals surface area contributed by atoms with E-state index in [1.54, 1.807) is 0 Å². The molecule has 23 heavy (non-hydrogen) atoms. The van der Waals surface area contributed by atoms with Gasteiger partial charge in [-0.25, -0.2) is 4.79 Å². The molecule has 0 saturated heterocycles. The fraction of sp³-hybridized carbons (Fsp3) is 0.882. The summed E-state index contributed by atoms with van der Waals surface area (Å²) in [5.74, 6) is -0.181. The van der Waals surface area contributed by atoms with E-state index in [0.29, 0.717) is 12.0 Å². The van der Waals surface area contributed by atoms with E-state index < -0.39 is 5.97 Å². The van der Waals surface area contributed by atoms with Gasteiger partial charge >= 0.3 is 12.0 Å². The molecule has 2 saturated carbocycles. The fourth-order valence-electron chi connectivity index (χ4n) is 3.17. The van der Waals surface area contributed by atoms with Crippen LogP contribution >= 0.6 is 0 Å². The third-order valence-corrected chi connectivity index (χ3v) is 4.90. The van der Waals surface area contributed by atoms with Gasteiger partial charge < -0.3 is 15.3 Å². The van der Waals surface area contributed by atoms with Crippen molar-refractivity contribution in [3.63, 3.8) is 0 Å². The molecule has 0 aromatic heterocycles. The molecule has 0 bridgehead atoms.